The average molecular weight is 419 g/mol. The Balaban J connectivity index is 2.11. The number of hydrogen-bond acceptors (Lipinski definition) is 2. The minimum Gasteiger partial charge on any atom is -0.356 e. The first-order valence-corrected chi connectivity index (χ1v) is 9.79. The summed E-state index contributed by atoms with van der Waals surface area (Å²) in [6.45, 7) is 7.68. The predicted octanol–water partition coefficient (Wildman–Crippen LogP) is 4.01. The van der Waals surface area contributed by atoms with Crippen LogP contribution in [0.25, 0.3) is 0 Å². The summed E-state index contributed by atoms with van der Waals surface area (Å²) >= 11 is 0. The second-order valence-corrected chi connectivity index (χ2v) is 7.27. The molecule has 0 saturated carbocycles. The van der Waals surface area contributed by atoms with Gasteiger partial charge in [0.1, 0.15) is 6.54 Å². The van der Waals surface area contributed by atoms with Gasteiger partial charge in [-0.1, -0.05) is 31.8 Å². The van der Waals surface area contributed by atoms with Gasteiger partial charge in [-0.05, 0) is 31.0 Å². The zero-order chi connectivity index (χ0) is 22.3. The number of hydrogen-bond donors (Lipinski definition) is 1. The SMILES string of the molecule is CCNC(=NCC#Cc1cccc(C(F)(F)F)c1)N(C)Cc1cn(C)nc1C(C)C. The van der Waals surface area contributed by atoms with Gasteiger partial charge in [0.05, 0.1) is 11.3 Å². The molecule has 1 heterocycles. The molecule has 5 nitrogen and oxygen atoms in total. The molecule has 2 rings (SSSR count). The van der Waals surface area contributed by atoms with Crippen molar-refractivity contribution < 1.29 is 13.2 Å². The van der Waals surface area contributed by atoms with E-state index < -0.39 is 11.7 Å². The molecule has 0 atom stereocenters. The number of nitrogens with one attached hydrogen (secondary N) is 1. The zero-order valence-corrected chi connectivity index (χ0v) is 18.0. The molecule has 0 aliphatic carbocycles. The molecule has 0 fully saturated rings. The normalized spacial score (nSPS) is 12.0. The van der Waals surface area contributed by atoms with E-state index in [1.807, 2.05) is 36.8 Å². The molecule has 0 unspecified atom stereocenters. The molecule has 0 aliphatic rings. The van der Waals surface area contributed by atoms with Gasteiger partial charge in [-0.3, -0.25) is 4.68 Å². The van der Waals surface area contributed by atoms with Crippen molar-refractivity contribution in [2.24, 2.45) is 12.0 Å². The van der Waals surface area contributed by atoms with Crippen molar-refractivity contribution in [3.8, 4) is 11.8 Å². The average Bonchev–Trinajstić information content (AvgIpc) is 3.04. The van der Waals surface area contributed by atoms with Gasteiger partial charge in [-0.2, -0.15) is 18.3 Å². The van der Waals surface area contributed by atoms with Gasteiger partial charge in [-0.25, -0.2) is 4.99 Å². The molecule has 30 heavy (non-hydrogen) atoms. The quantitative estimate of drug-likeness (QED) is 0.453. The Hall–Kier alpha value is -2.95. The van der Waals surface area contributed by atoms with Crippen LogP contribution in [0.3, 0.4) is 0 Å². The van der Waals surface area contributed by atoms with Crippen molar-refractivity contribution in [2.45, 2.75) is 39.4 Å². The molecule has 1 N–H and O–H groups in total. The molecule has 0 amide bonds. The molecule has 0 bridgehead atoms. The molecule has 0 radical (unpaired) electrons. The highest BCUT2D eigenvalue weighted by Crippen LogP contribution is 2.29. The van der Waals surface area contributed by atoms with Crippen molar-refractivity contribution in [2.75, 3.05) is 20.1 Å². The Morgan fingerprint density at radius 3 is 2.70 bits per heavy atom. The summed E-state index contributed by atoms with van der Waals surface area (Å²) in [7, 11) is 3.83. The molecular weight excluding hydrogens is 391 g/mol. The molecule has 0 spiro atoms. The van der Waals surface area contributed by atoms with Crippen LogP contribution in [-0.4, -0.2) is 40.8 Å². The van der Waals surface area contributed by atoms with Crippen LogP contribution in [0.15, 0.2) is 35.5 Å². The van der Waals surface area contributed by atoms with E-state index in [0.29, 0.717) is 30.5 Å². The van der Waals surface area contributed by atoms with Crippen molar-refractivity contribution in [1.82, 2.24) is 20.0 Å². The van der Waals surface area contributed by atoms with E-state index in [1.54, 1.807) is 6.07 Å². The summed E-state index contributed by atoms with van der Waals surface area (Å²) in [6, 6.07) is 4.99. The first-order valence-electron chi connectivity index (χ1n) is 9.79. The minimum atomic E-state index is -4.38. The number of aliphatic imine (C=N–C) groups is 1. The first kappa shape index (κ1) is 23.3. The lowest BCUT2D eigenvalue weighted by atomic mass is 10.1. The number of alkyl halides is 3. The Kier molecular flexibility index (Phi) is 7.93. The monoisotopic (exact) mass is 419 g/mol. The standard InChI is InChI=1S/C22H28F3N5/c1-6-26-21(29(4)14-18-15-30(5)28-20(18)16(2)3)27-12-8-10-17-9-7-11-19(13-17)22(23,24)25/h7,9,11,13,15-16H,6,12,14H2,1-5H3,(H,26,27). The highest BCUT2D eigenvalue weighted by Gasteiger charge is 2.30. The number of rotatable bonds is 5. The van der Waals surface area contributed by atoms with Crippen LogP contribution in [0, 0.1) is 11.8 Å². The smallest absolute Gasteiger partial charge is 0.356 e. The lowest BCUT2D eigenvalue weighted by Gasteiger charge is -2.22. The van der Waals surface area contributed by atoms with E-state index in [-0.39, 0.29) is 6.54 Å². The maximum atomic E-state index is 12.8. The van der Waals surface area contributed by atoms with Gasteiger partial charge < -0.3 is 10.2 Å². The Morgan fingerprint density at radius 1 is 1.33 bits per heavy atom. The fraction of sp³-hybridized carbons (Fsp3) is 0.455. The predicted molar refractivity (Wildman–Crippen MR) is 113 cm³/mol. The van der Waals surface area contributed by atoms with Gasteiger partial charge in [0.2, 0.25) is 0 Å². The summed E-state index contributed by atoms with van der Waals surface area (Å²) < 4.78 is 40.2. The topological polar surface area (TPSA) is 45.5 Å². The van der Waals surface area contributed by atoms with Crippen molar-refractivity contribution in [1.29, 1.82) is 0 Å². The molecular formula is C22H28F3N5. The number of halogens is 3. The third kappa shape index (κ3) is 6.55. The van der Waals surface area contributed by atoms with Crippen molar-refractivity contribution >= 4 is 5.96 Å². The molecule has 0 aliphatic heterocycles. The van der Waals surface area contributed by atoms with E-state index in [1.165, 1.54) is 6.07 Å². The lowest BCUT2D eigenvalue weighted by molar-refractivity contribution is -0.137. The van der Waals surface area contributed by atoms with Crippen LogP contribution in [0.1, 0.15) is 49.1 Å². The Labute approximate surface area is 176 Å². The highest BCUT2D eigenvalue weighted by molar-refractivity contribution is 5.79. The van der Waals surface area contributed by atoms with Gasteiger partial charge in [-0.15, -0.1) is 0 Å². The lowest BCUT2D eigenvalue weighted by Crippen LogP contribution is -2.38. The first-order chi connectivity index (χ1) is 14.1. The third-order valence-corrected chi connectivity index (χ3v) is 4.32. The van der Waals surface area contributed by atoms with Crippen LogP contribution in [-0.2, 0) is 19.8 Å². The van der Waals surface area contributed by atoms with Crippen LogP contribution < -0.4 is 5.32 Å². The second kappa shape index (κ2) is 10.2. The third-order valence-electron chi connectivity index (χ3n) is 4.32. The largest absolute Gasteiger partial charge is 0.416 e. The molecule has 8 heteroatoms. The zero-order valence-electron chi connectivity index (χ0n) is 18.0. The Morgan fingerprint density at radius 2 is 2.07 bits per heavy atom. The van der Waals surface area contributed by atoms with E-state index in [9.17, 15) is 13.2 Å². The van der Waals surface area contributed by atoms with Gasteiger partial charge in [0.25, 0.3) is 0 Å². The number of aromatic nitrogens is 2. The van der Waals surface area contributed by atoms with Crippen LogP contribution >= 0.6 is 0 Å². The van der Waals surface area contributed by atoms with Gasteiger partial charge >= 0.3 is 6.18 Å². The van der Waals surface area contributed by atoms with E-state index in [0.717, 1.165) is 23.4 Å². The maximum Gasteiger partial charge on any atom is 0.416 e. The molecule has 2 aromatic rings. The molecule has 1 aromatic carbocycles. The van der Waals surface area contributed by atoms with Crippen molar-refractivity contribution in [3.63, 3.8) is 0 Å². The molecule has 162 valence electrons. The highest BCUT2D eigenvalue weighted by atomic mass is 19.4. The minimum absolute atomic E-state index is 0.174. The molecule has 0 saturated heterocycles. The van der Waals surface area contributed by atoms with E-state index in [4.69, 9.17) is 0 Å². The Bertz CT molecular complexity index is 932. The van der Waals surface area contributed by atoms with E-state index >= 15 is 0 Å². The van der Waals surface area contributed by atoms with Gasteiger partial charge in [0, 0.05) is 44.5 Å². The van der Waals surface area contributed by atoms with Crippen molar-refractivity contribution in [3.05, 3.63) is 52.8 Å². The summed E-state index contributed by atoms with van der Waals surface area (Å²) in [5, 5.41) is 7.75. The number of guanidine groups is 1. The number of nitrogens with zero attached hydrogens (tertiary/aromatic N) is 4. The number of aryl methyl sites for hydroxylation is 1. The summed E-state index contributed by atoms with van der Waals surface area (Å²) in [5.41, 5.74) is 1.78. The van der Waals surface area contributed by atoms with Gasteiger partial charge in [0.15, 0.2) is 5.96 Å². The van der Waals surface area contributed by atoms with Crippen LogP contribution in [0.2, 0.25) is 0 Å². The summed E-state index contributed by atoms with van der Waals surface area (Å²) in [6.07, 6.45) is -2.37. The second-order valence-electron chi connectivity index (χ2n) is 7.27. The summed E-state index contributed by atoms with van der Waals surface area (Å²) in [5.74, 6) is 6.58. The van der Waals surface area contributed by atoms with E-state index in [2.05, 4.69) is 41.1 Å². The molecule has 1 aromatic heterocycles. The maximum absolute atomic E-state index is 12.8. The number of benzene rings is 1. The van der Waals surface area contributed by atoms with Crippen LogP contribution in [0.4, 0.5) is 13.2 Å². The summed E-state index contributed by atoms with van der Waals surface area (Å²) in [4.78, 5) is 6.47. The fourth-order valence-corrected chi connectivity index (χ4v) is 2.99. The van der Waals surface area contributed by atoms with Crippen LogP contribution in [0.5, 0.6) is 0 Å². The fourth-order valence-electron chi connectivity index (χ4n) is 2.99.